The zero-order chi connectivity index (χ0) is 11.4. The first-order chi connectivity index (χ1) is 7.75. The number of aromatic nitrogens is 2. The summed E-state index contributed by atoms with van der Waals surface area (Å²) in [5, 5.41) is 5.82. The lowest BCUT2D eigenvalue weighted by atomic mass is 10.2. The lowest BCUT2D eigenvalue weighted by Crippen LogP contribution is -2.10. The second-order valence-electron chi connectivity index (χ2n) is 3.31. The molecule has 0 bridgehead atoms. The molecule has 2 aromatic rings. The van der Waals surface area contributed by atoms with Crippen LogP contribution in [-0.4, -0.2) is 16.0 Å². The molecule has 0 spiro atoms. The number of amides is 1. The van der Waals surface area contributed by atoms with Crippen molar-refractivity contribution in [3.05, 3.63) is 23.4 Å². The van der Waals surface area contributed by atoms with Gasteiger partial charge in [0.15, 0.2) is 0 Å². The molecule has 0 aliphatic rings. The molecule has 2 N–H and O–H groups in total. The molecule has 0 radical (unpaired) electrons. The van der Waals surface area contributed by atoms with Crippen LogP contribution in [0.1, 0.15) is 18.7 Å². The van der Waals surface area contributed by atoms with Crippen molar-refractivity contribution in [3.8, 4) is 10.7 Å². The number of hydrogen-bond donors (Lipinski definition) is 1. The standard InChI is InChI=1S/C10H11N3O2S/c11-8(14)4-1-5-9-12-10(13-15-9)7-3-2-6-16-7/h2-3,6H,1,4-5H2,(H2,11,14). The Morgan fingerprint density at radius 3 is 3.12 bits per heavy atom. The topological polar surface area (TPSA) is 82.0 Å². The molecule has 2 aromatic heterocycles. The molecule has 5 nitrogen and oxygen atoms in total. The van der Waals surface area contributed by atoms with E-state index in [9.17, 15) is 4.79 Å². The van der Waals surface area contributed by atoms with Gasteiger partial charge in [-0.1, -0.05) is 11.2 Å². The maximum atomic E-state index is 10.5. The van der Waals surface area contributed by atoms with E-state index in [1.807, 2.05) is 17.5 Å². The summed E-state index contributed by atoms with van der Waals surface area (Å²) in [5.41, 5.74) is 5.04. The molecular formula is C10H11N3O2S. The van der Waals surface area contributed by atoms with Crippen molar-refractivity contribution in [1.82, 2.24) is 10.1 Å². The van der Waals surface area contributed by atoms with E-state index in [4.69, 9.17) is 10.3 Å². The number of primary amides is 1. The Morgan fingerprint density at radius 2 is 2.44 bits per heavy atom. The summed E-state index contributed by atoms with van der Waals surface area (Å²) >= 11 is 1.56. The third kappa shape index (κ3) is 2.66. The molecule has 0 aromatic carbocycles. The van der Waals surface area contributed by atoms with Crippen LogP contribution in [0, 0.1) is 0 Å². The van der Waals surface area contributed by atoms with Gasteiger partial charge in [0.1, 0.15) is 0 Å². The van der Waals surface area contributed by atoms with Gasteiger partial charge >= 0.3 is 0 Å². The zero-order valence-corrected chi connectivity index (χ0v) is 9.37. The Hall–Kier alpha value is -1.69. The van der Waals surface area contributed by atoms with Crippen LogP contribution < -0.4 is 5.73 Å². The highest BCUT2D eigenvalue weighted by atomic mass is 32.1. The summed E-state index contributed by atoms with van der Waals surface area (Å²) < 4.78 is 5.06. The fourth-order valence-corrected chi connectivity index (χ4v) is 1.93. The molecule has 0 aliphatic heterocycles. The Kier molecular flexibility index (Phi) is 3.31. The molecule has 16 heavy (non-hydrogen) atoms. The number of nitrogens with two attached hydrogens (primary N) is 1. The van der Waals surface area contributed by atoms with Crippen LogP contribution in [0.2, 0.25) is 0 Å². The minimum absolute atomic E-state index is 0.307. The van der Waals surface area contributed by atoms with Gasteiger partial charge in [-0.05, 0) is 17.9 Å². The molecule has 0 unspecified atom stereocenters. The molecule has 6 heteroatoms. The predicted octanol–water partition coefficient (Wildman–Crippen LogP) is 1.61. The number of nitrogens with zero attached hydrogens (tertiary/aromatic N) is 2. The van der Waals surface area contributed by atoms with Gasteiger partial charge in [0.2, 0.25) is 17.6 Å². The SMILES string of the molecule is NC(=O)CCCc1nc(-c2cccs2)no1. The molecule has 2 rings (SSSR count). The van der Waals surface area contributed by atoms with E-state index in [1.54, 1.807) is 11.3 Å². The predicted molar refractivity (Wildman–Crippen MR) is 59.7 cm³/mol. The highest BCUT2D eigenvalue weighted by Crippen LogP contribution is 2.21. The quantitative estimate of drug-likeness (QED) is 0.856. The van der Waals surface area contributed by atoms with Crippen LogP contribution in [0.5, 0.6) is 0 Å². The molecule has 0 saturated heterocycles. The summed E-state index contributed by atoms with van der Waals surface area (Å²) in [6.07, 6.45) is 1.57. The zero-order valence-electron chi connectivity index (χ0n) is 8.55. The Balaban J connectivity index is 1.95. The van der Waals surface area contributed by atoms with Crippen molar-refractivity contribution in [3.63, 3.8) is 0 Å². The molecule has 0 atom stereocenters. The van der Waals surface area contributed by atoms with Crippen molar-refractivity contribution in [2.45, 2.75) is 19.3 Å². The molecular weight excluding hydrogens is 226 g/mol. The molecule has 0 aliphatic carbocycles. The van der Waals surface area contributed by atoms with E-state index in [2.05, 4.69) is 10.1 Å². The maximum absolute atomic E-state index is 10.5. The second-order valence-corrected chi connectivity index (χ2v) is 4.26. The van der Waals surface area contributed by atoms with Gasteiger partial charge in [-0.3, -0.25) is 4.79 Å². The van der Waals surface area contributed by atoms with Crippen molar-refractivity contribution >= 4 is 17.2 Å². The van der Waals surface area contributed by atoms with E-state index in [0.29, 0.717) is 31.0 Å². The number of thiophene rings is 1. The van der Waals surface area contributed by atoms with Gasteiger partial charge in [-0.25, -0.2) is 0 Å². The first kappa shape index (κ1) is 10.8. The van der Waals surface area contributed by atoms with Crippen molar-refractivity contribution in [2.24, 2.45) is 5.73 Å². The van der Waals surface area contributed by atoms with E-state index >= 15 is 0 Å². The summed E-state index contributed by atoms with van der Waals surface area (Å²) in [5.74, 6) is 0.840. The third-order valence-corrected chi connectivity index (χ3v) is 2.89. The lowest BCUT2D eigenvalue weighted by Gasteiger charge is -1.91. The molecule has 0 fully saturated rings. The first-order valence-corrected chi connectivity index (χ1v) is 5.78. The van der Waals surface area contributed by atoms with Crippen molar-refractivity contribution in [1.29, 1.82) is 0 Å². The number of aryl methyl sites for hydroxylation is 1. The van der Waals surface area contributed by atoms with Crippen molar-refractivity contribution < 1.29 is 9.32 Å². The molecule has 0 saturated carbocycles. The fourth-order valence-electron chi connectivity index (χ4n) is 1.28. The smallest absolute Gasteiger partial charge is 0.226 e. The largest absolute Gasteiger partial charge is 0.370 e. The van der Waals surface area contributed by atoms with Crippen LogP contribution in [0.4, 0.5) is 0 Å². The Morgan fingerprint density at radius 1 is 1.56 bits per heavy atom. The minimum atomic E-state index is -0.307. The van der Waals surface area contributed by atoms with Crippen LogP contribution >= 0.6 is 11.3 Å². The van der Waals surface area contributed by atoms with Crippen LogP contribution in [-0.2, 0) is 11.2 Å². The Bertz CT molecular complexity index is 464. The van der Waals surface area contributed by atoms with Crippen LogP contribution in [0.25, 0.3) is 10.7 Å². The van der Waals surface area contributed by atoms with E-state index in [-0.39, 0.29) is 5.91 Å². The monoisotopic (exact) mass is 237 g/mol. The van der Waals surface area contributed by atoms with Crippen LogP contribution in [0.3, 0.4) is 0 Å². The van der Waals surface area contributed by atoms with Gasteiger partial charge in [0.05, 0.1) is 4.88 Å². The maximum Gasteiger partial charge on any atom is 0.226 e. The Labute approximate surface area is 96.3 Å². The van der Waals surface area contributed by atoms with Gasteiger partial charge in [-0.15, -0.1) is 11.3 Å². The van der Waals surface area contributed by atoms with Gasteiger partial charge in [0.25, 0.3) is 0 Å². The molecule has 1 amide bonds. The van der Waals surface area contributed by atoms with E-state index < -0.39 is 0 Å². The highest BCUT2D eigenvalue weighted by molar-refractivity contribution is 7.13. The average molecular weight is 237 g/mol. The summed E-state index contributed by atoms with van der Waals surface area (Å²) in [4.78, 5) is 15.7. The summed E-state index contributed by atoms with van der Waals surface area (Å²) in [7, 11) is 0. The number of carbonyl (C=O) groups excluding carboxylic acids is 1. The number of hydrogen-bond acceptors (Lipinski definition) is 5. The van der Waals surface area contributed by atoms with Gasteiger partial charge < -0.3 is 10.3 Å². The summed E-state index contributed by atoms with van der Waals surface area (Å²) in [6.45, 7) is 0. The summed E-state index contributed by atoms with van der Waals surface area (Å²) in [6, 6.07) is 3.87. The lowest BCUT2D eigenvalue weighted by molar-refractivity contribution is -0.118. The van der Waals surface area contributed by atoms with Crippen molar-refractivity contribution in [2.75, 3.05) is 0 Å². The fraction of sp³-hybridized carbons (Fsp3) is 0.300. The highest BCUT2D eigenvalue weighted by Gasteiger charge is 2.09. The molecule has 2 heterocycles. The number of rotatable bonds is 5. The first-order valence-electron chi connectivity index (χ1n) is 4.90. The third-order valence-electron chi connectivity index (χ3n) is 2.02. The number of carbonyl (C=O) groups is 1. The molecule has 84 valence electrons. The normalized spacial score (nSPS) is 10.5. The minimum Gasteiger partial charge on any atom is -0.370 e. The second kappa shape index (κ2) is 4.89. The average Bonchev–Trinajstić information content (AvgIpc) is 2.85. The van der Waals surface area contributed by atoms with Gasteiger partial charge in [-0.2, -0.15) is 4.98 Å². The van der Waals surface area contributed by atoms with E-state index in [0.717, 1.165) is 4.88 Å². The van der Waals surface area contributed by atoms with Gasteiger partial charge in [0, 0.05) is 12.8 Å². The van der Waals surface area contributed by atoms with Crippen LogP contribution in [0.15, 0.2) is 22.0 Å². The van der Waals surface area contributed by atoms with E-state index in [1.165, 1.54) is 0 Å².